The molecule has 8 nitrogen and oxygen atoms in total. The van der Waals surface area contributed by atoms with Crippen LogP contribution in [0.2, 0.25) is 0 Å². The molecule has 2 amide bonds. The molecule has 1 aliphatic heterocycles. The molecule has 1 aliphatic rings. The van der Waals surface area contributed by atoms with Crippen LogP contribution in [-0.4, -0.2) is 33.9 Å². The molecule has 0 unspecified atom stereocenters. The number of hydrogen-bond acceptors (Lipinski definition) is 7. The smallest absolute Gasteiger partial charge is 0.276 e. The van der Waals surface area contributed by atoms with Gasteiger partial charge in [-0.05, 0) is 82.8 Å². The first-order valence-electron chi connectivity index (χ1n) is 11.3. The van der Waals surface area contributed by atoms with Crippen LogP contribution in [0.3, 0.4) is 0 Å². The summed E-state index contributed by atoms with van der Waals surface area (Å²) in [6.07, 6.45) is 4.19. The fourth-order valence-corrected chi connectivity index (χ4v) is 5.30. The van der Waals surface area contributed by atoms with Crippen LogP contribution >= 0.6 is 34.4 Å². The van der Waals surface area contributed by atoms with Crippen molar-refractivity contribution in [3.8, 4) is 5.75 Å². The molecule has 0 radical (unpaired) electrons. The predicted molar refractivity (Wildman–Crippen MR) is 150 cm³/mol. The number of nitrogens with one attached hydrogen (secondary N) is 2. The van der Waals surface area contributed by atoms with E-state index in [1.165, 1.54) is 17.4 Å². The third-order valence-corrected chi connectivity index (χ3v) is 7.44. The normalized spacial score (nSPS) is 14.5. The van der Waals surface area contributed by atoms with E-state index < -0.39 is 12.1 Å². The second-order valence-electron chi connectivity index (χ2n) is 8.12. The lowest BCUT2D eigenvalue weighted by molar-refractivity contribution is 0.0490. The number of aromatic nitrogens is 2. The lowest BCUT2D eigenvalue weighted by atomic mass is 10.0. The van der Waals surface area contributed by atoms with Crippen molar-refractivity contribution < 1.29 is 14.3 Å². The zero-order valence-corrected chi connectivity index (χ0v) is 22.7. The van der Waals surface area contributed by atoms with Gasteiger partial charge in [-0.2, -0.15) is 0 Å². The summed E-state index contributed by atoms with van der Waals surface area (Å²) in [7, 11) is 1.63. The van der Waals surface area contributed by atoms with Gasteiger partial charge in [0.15, 0.2) is 0 Å². The molecule has 1 atom stereocenters. The highest BCUT2D eigenvalue weighted by atomic mass is 127. The topological polar surface area (TPSA) is 96.5 Å². The number of fused-ring (bicyclic) bond motifs is 1. The third kappa shape index (κ3) is 5.54. The largest absolute Gasteiger partial charge is 0.496 e. The summed E-state index contributed by atoms with van der Waals surface area (Å²) in [5.74, 6) is 0.639. The molecule has 10 heteroatoms. The lowest BCUT2D eigenvalue weighted by Crippen LogP contribution is -2.52. The maximum atomic E-state index is 13.7. The number of carbonyl (C=O) groups is 2. The van der Waals surface area contributed by atoms with E-state index in [0.29, 0.717) is 22.6 Å². The molecule has 0 bridgehead atoms. The average molecular weight is 623 g/mol. The Labute approximate surface area is 232 Å². The highest BCUT2D eigenvalue weighted by molar-refractivity contribution is 14.1. The van der Waals surface area contributed by atoms with E-state index in [-0.39, 0.29) is 5.91 Å². The van der Waals surface area contributed by atoms with E-state index in [2.05, 4.69) is 43.3 Å². The van der Waals surface area contributed by atoms with Crippen molar-refractivity contribution in [2.45, 2.75) is 16.9 Å². The minimum Gasteiger partial charge on any atom is -0.496 e. The van der Waals surface area contributed by atoms with Crippen molar-refractivity contribution in [2.75, 3.05) is 12.4 Å². The number of ether oxygens (including phenoxy) is 1. The molecule has 37 heavy (non-hydrogen) atoms. The summed E-state index contributed by atoms with van der Waals surface area (Å²) >= 11 is 3.76. The summed E-state index contributed by atoms with van der Waals surface area (Å²) < 4.78 is 6.52. The molecule has 0 aliphatic carbocycles. The zero-order chi connectivity index (χ0) is 25.8. The van der Waals surface area contributed by atoms with Crippen LogP contribution in [0, 0.1) is 3.57 Å². The van der Waals surface area contributed by atoms with E-state index >= 15 is 0 Å². The first-order chi connectivity index (χ1) is 18.0. The fraction of sp³-hybridized carbons (Fsp3) is 0.111. The zero-order valence-electron chi connectivity index (χ0n) is 19.7. The number of thioether (sulfide) groups is 1. The van der Waals surface area contributed by atoms with Crippen LogP contribution in [0.4, 0.5) is 5.69 Å². The molecule has 0 saturated heterocycles. The number of methoxy groups -OCH3 is 1. The van der Waals surface area contributed by atoms with Crippen LogP contribution in [0.1, 0.15) is 38.0 Å². The predicted octanol–water partition coefficient (Wildman–Crippen LogP) is 5.29. The van der Waals surface area contributed by atoms with Crippen molar-refractivity contribution >= 4 is 51.9 Å². The Morgan fingerprint density at radius 3 is 2.70 bits per heavy atom. The summed E-state index contributed by atoms with van der Waals surface area (Å²) in [5.41, 5.74) is 6.13. The van der Waals surface area contributed by atoms with Gasteiger partial charge in [-0.15, -0.1) is 11.8 Å². The Morgan fingerprint density at radius 1 is 1.11 bits per heavy atom. The average Bonchev–Trinajstić information content (AvgIpc) is 2.94. The highest BCUT2D eigenvalue weighted by Gasteiger charge is 2.35. The van der Waals surface area contributed by atoms with E-state index in [0.717, 1.165) is 25.5 Å². The number of nitrogens with zero attached hydrogens (tertiary/aromatic N) is 3. The standard InChI is InChI=1S/C27H22IN5O3S/c1-36-23-8-5-18(14-19(23)16-37-24-4-2-3-11-30-24)25-31-22-7-6-20(28)15-21(22)27(35)33(25)32-26(34)17-9-12-29-13-10-17/h2-15,25,31H,16H2,1H3,(H,32,34)/t25-/m1/s1. The minimum absolute atomic E-state index is 0.306. The quantitative estimate of drug-likeness (QED) is 0.213. The molecule has 186 valence electrons. The van der Waals surface area contributed by atoms with Crippen molar-refractivity contribution in [3.63, 3.8) is 0 Å². The number of benzene rings is 2. The van der Waals surface area contributed by atoms with Gasteiger partial charge in [-0.3, -0.25) is 20.0 Å². The Balaban J connectivity index is 1.50. The van der Waals surface area contributed by atoms with Gasteiger partial charge in [0.25, 0.3) is 11.8 Å². The first kappa shape index (κ1) is 25.0. The van der Waals surface area contributed by atoms with Crippen molar-refractivity contribution in [1.29, 1.82) is 0 Å². The number of amides is 2. The maximum Gasteiger partial charge on any atom is 0.276 e. The number of rotatable bonds is 7. The number of halogens is 1. The first-order valence-corrected chi connectivity index (χ1v) is 13.4. The molecule has 2 N–H and O–H groups in total. The minimum atomic E-state index is -0.643. The van der Waals surface area contributed by atoms with Crippen LogP contribution in [0.15, 0.2) is 90.3 Å². The van der Waals surface area contributed by atoms with Gasteiger partial charge >= 0.3 is 0 Å². The summed E-state index contributed by atoms with van der Waals surface area (Å²) in [6, 6.07) is 20.4. The number of anilines is 1. The second kappa shape index (κ2) is 11.2. The van der Waals surface area contributed by atoms with E-state index in [9.17, 15) is 9.59 Å². The van der Waals surface area contributed by atoms with Gasteiger partial charge < -0.3 is 10.1 Å². The highest BCUT2D eigenvalue weighted by Crippen LogP contribution is 2.36. The monoisotopic (exact) mass is 623 g/mol. The Kier molecular flexibility index (Phi) is 7.56. The van der Waals surface area contributed by atoms with Crippen LogP contribution in [0.25, 0.3) is 0 Å². The SMILES string of the molecule is COc1ccc([C@@H]2Nc3ccc(I)cc3C(=O)N2NC(=O)c2ccncc2)cc1CSc1ccccn1. The van der Waals surface area contributed by atoms with Gasteiger partial charge in [0.1, 0.15) is 11.9 Å². The lowest BCUT2D eigenvalue weighted by Gasteiger charge is -2.38. The molecular formula is C27H22IN5O3S. The molecule has 2 aromatic carbocycles. The second-order valence-corrected chi connectivity index (χ2v) is 10.4. The molecule has 2 aromatic heterocycles. The molecular weight excluding hydrogens is 601 g/mol. The Hall–Kier alpha value is -3.64. The molecule has 0 saturated carbocycles. The molecule has 4 aromatic rings. The van der Waals surface area contributed by atoms with Gasteiger partial charge in [-0.1, -0.05) is 12.1 Å². The molecule has 0 fully saturated rings. The van der Waals surface area contributed by atoms with Crippen LogP contribution in [-0.2, 0) is 5.75 Å². The van der Waals surface area contributed by atoms with E-state index in [1.54, 1.807) is 43.3 Å². The van der Waals surface area contributed by atoms with Crippen molar-refractivity contribution in [1.82, 2.24) is 20.4 Å². The summed E-state index contributed by atoms with van der Waals surface area (Å²) in [4.78, 5) is 35.1. The Bertz CT molecular complexity index is 1440. The van der Waals surface area contributed by atoms with Crippen molar-refractivity contribution in [3.05, 3.63) is 111 Å². The maximum absolute atomic E-state index is 13.7. The van der Waals surface area contributed by atoms with E-state index in [1.807, 2.05) is 48.5 Å². The van der Waals surface area contributed by atoms with Crippen molar-refractivity contribution in [2.24, 2.45) is 0 Å². The third-order valence-electron chi connectivity index (χ3n) is 5.78. The van der Waals surface area contributed by atoms with Crippen LogP contribution in [0.5, 0.6) is 5.75 Å². The molecule has 0 spiro atoms. The molecule has 3 heterocycles. The fourth-order valence-electron chi connectivity index (χ4n) is 3.97. The number of carbonyl (C=O) groups excluding carboxylic acids is 2. The number of pyridine rings is 2. The summed E-state index contributed by atoms with van der Waals surface area (Å²) in [5, 5.41) is 5.68. The van der Waals surface area contributed by atoms with Gasteiger partial charge in [0.05, 0.1) is 17.7 Å². The van der Waals surface area contributed by atoms with Gasteiger partial charge in [0.2, 0.25) is 0 Å². The molecule has 5 rings (SSSR count). The van der Waals surface area contributed by atoms with Gasteiger partial charge in [-0.25, -0.2) is 9.99 Å². The number of hydrogen-bond donors (Lipinski definition) is 2. The van der Waals surface area contributed by atoms with E-state index in [4.69, 9.17) is 4.74 Å². The Morgan fingerprint density at radius 2 is 1.95 bits per heavy atom. The summed E-state index contributed by atoms with van der Waals surface area (Å²) in [6.45, 7) is 0. The number of hydrazine groups is 1. The van der Waals surface area contributed by atoms with Crippen LogP contribution < -0.4 is 15.5 Å². The van der Waals surface area contributed by atoms with Gasteiger partial charge in [0, 0.05) is 44.7 Å².